The van der Waals surface area contributed by atoms with Gasteiger partial charge < -0.3 is 20.1 Å². The van der Waals surface area contributed by atoms with Crippen molar-refractivity contribution in [2.24, 2.45) is 0 Å². The van der Waals surface area contributed by atoms with Crippen LogP contribution in [0.15, 0.2) is 36.4 Å². The first-order chi connectivity index (χ1) is 11.5. The zero-order valence-corrected chi connectivity index (χ0v) is 13.7. The first-order valence-corrected chi connectivity index (χ1v) is 7.51. The standard InChI is InChI=1S/C18H18N2O4/c1-10-13-9-12(5-6-14(13)20-17(10)21)19-18(22)11-4-7-15(23-2)16(8-11)24-3/h4-10H,1-3H3,(H,19,22)(H,20,21). The van der Waals surface area contributed by atoms with Crippen LogP contribution in [-0.2, 0) is 4.79 Å². The van der Waals surface area contributed by atoms with Gasteiger partial charge in [0.15, 0.2) is 11.5 Å². The predicted octanol–water partition coefficient (Wildman–Crippen LogP) is 3.01. The first-order valence-electron chi connectivity index (χ1n) is 7.51. The molecule has 0 fully saturated rings. The summed E-state index contributed by atoms with van der Waals surface area (Å²) >= 11 is 0. The van der Waals surface area contributed by atoms with Crippen LogP contribution >= 0.6 is 0 Å². The van der Waals surface area contributed by atoms with E-state index in [4.69, 9.17) is 9.47 Å². The minimum Gasteiger partial charge on any atom is -0.493 e. The molecule has 2 aromatic carbocycles. The van der Waals surface area contributed by atoms with Crippen LogP contribution in [0, 0.1) is 0 Å². The third-order valence-electron chi connectivity index (χ3n) is 4.07. The monoisotopic (exact) mass is 326 g/mol. The SMILES string of the molecule is COc1ccc(C(=O)Nc2ccc3c(c2)C(C)C(=O)N3)cc1OC. The highest BCUT2D eigenvalue weighted by Gasteiger charge is 2.26. The maximum Gasteiger partial charge on any atom is 0.255 e. The van der Waals surface area contributed by atoms with E-state index >= 15 is 0 Å². The van der Waals surface area contributed by atoms with Crippen LogP contribution in [0.3, 0.4) is 0 Å². The summed E-state index contributed by atoms with van der Waals surface area (Å²) in [7, 11) is 3.06. The molecule has 0 radical (unpaired) electrons. The van der Waals surface area contributed by atoms with Crippen molar-refractivity contribution in [3.63, 3.8) is 0 Å². The number of fused-ring (bicyclic) bond motifs is 1. The Morgan fingerprint density at radius 2 is 1.83 bits per heavy atom. The molecule has 0 bridgehead atoms. The molecule has 3 rings (SSSR count). The highest BCUT2D eigenvalue weighted by Crippen LogP contribution is 2.34. The van der Waals surface area contributed by atoms with Crippen LogP contribution in [0.1, 0.15) is 28.8 Å². The third kappa shape index (κ3) is 2.78. The van der Waals surface area contributed by atoms with Crippen LogP contribution in [0.25, 0.3) is 0 Å². The van der Waals surface area contributed by atoms with Crippen molar-refractivity contribution in [2.45, 2.75) is 12.8 Å². The summed E-state index contributed by atoms with van der Waals surface area (Å²) in [5, 5.41) is 5.64. The van der Waals surface area contributed by atoms with E-state index in [1.165, 1.54) is 7.11 Å². The molecular formula is C18H18N2O4. The lowest BCUT2D eigenvalue weighted by atomic mass is 10.0. The zero-order chi connectivity index (χ0) is 17.3. The minimum atomic E-state index is -0.263. The van der Waals surface area contributed by atoms with Gasteiger partial charge in [0.1, 0.15) is 0 Å². The lowest BCUT2D eigenvalue weighted by molar-refractivity contribution is -0.116. The van der Waals surface area contributed by atoms with Gasteiger partial charge >= 0.3 is 0 Å². The van der Waals surface area contributed by atoms with Crippen LogP contribution < -0.4 is 20.1 Å². The molecule has 0 saturated heterocycles. The molecule has 1 aliphatic heterocycles. The van der Waals surface area contributed by atoms with Gasteiger partial charge in [0, 0.05) is 16.9 Å². The number of rotatable bonds is 4. The van der Waals surface area contributed by atoms with Gasteiger partial charge in [-0.25, -0.2) is 0 Å². The van der Waals surface area contributed by atoms with Gasteiger partial charge in [0.2, 0.25) is 5.91 Å². The van der Waals surface area contributed by atoms with Crippen LogP contribution in [-0.4, -0.2) is 26.0 Å². The summed E-state index contributed by atoms with van der Waals surface area (Å²) in [5.74, 6) is 0.527. The second kappa shape index (κ2) is 6.23. The minimum absolute atomic E-state index is 0.0339. The Kier molecular flexibility index (Phi) is 4.12. The highest BCUT2D eigenvalue weighted by atomic mass is 16.5. The number of methoxy groups -OCH3 is 2. The van der Waals surface area contributed by atoms with Gasteiger partial charge in [-0.1, -0.05) is 0 Å². The number of nitrogens with one attached hydrogen (secondary N) is 2. The molecule has 0 aliphatic carbocycles. The Hall–Kier alpha value is -3.02. The smallest absolute Gasteiger partial charge is 0.255 e. The molecule has 6 heteroatoms. The molecule has 1 unspecified atom stereocenters. The molecule has 2 N–H and O–H groups in total. The summed E-state index contributed by atoms with van der Waals surface area (Å²) < 4.78 is 10.4. The summed E-state index contributed by atoms with van der Waals surface area (Å²) in [5.41, 5.74) is 2.76. The molecule has 6 nitrogen and oxygen atoms in total. The molecule has 24 heavy (non-hydrogen) atoms. The summed E-state index contributed by atoms with van der Waals surface area (Å²) in [6.07, 6.45) is 0. The van der Waals surface area contributed by atoms with E-state index in [0.29, 0.717) is 22.7 Å². The molecule has 124 valence electrons. The maximum atomic E-state index is 12.4. The Balaban J connectivity index is 1.82. The fourth-order valence-corrected chi connectivity index (χ4v) is 2.68. The average Bonchev–Trinajstić information content (AvgIpc) is 2.88. The van der Waals surface area contributed by atoms with Crippen molar-refractivity contribution >= 4 is 23.2 Å². The van der Waals surface area contributed by atoms with E-state index in [1.807, 2.05) is 13.0 Å². The maximum absolute atomic E-state index is 12.4. The predicted molar refractivity (Wildman–Crippen MR) is 91.0 cm³/mol. The number of carbonyl (C=O) groups excluding carboxylic acids is 2. The Labute approximate surface area is 139 Å². The van der Waals surface area contributed by atoms with Crippen LogP contribution in [0.2, 0.25) is 0 Å². The molecule has 1 heterocycles. The number of hydrogen-bond donors (Lipinski definition) is 2. The van der Waals surface area contributed by atoms with Crippen molar-refractivity contribution in [1.29, 1.82) is 0 Å². The van der Waals surface area contributed by atoms with Gasteiger partial charge in [0.25, 0.3) is 5.91 Å². The Morgan fingerprint density at radius 1 is 1.08 bits per heavy atom. The van der Waals surface area contributed by atoms with Crippen molar-refractivity contribution in [3.8, 4) is 11.5 Å². The molecule has 0 aromatic heterocycles. The van der Waals surface area contributed by atoms with Crippen molar-refractivity contribution in [3.05, 3.63) is 47.5 Å². The molecule has 2 amide bonds. The van der Waals surface area contributed by atoms with E-state index in [2.05, 4.69) is 10.6 Å². The number of anilines is 2. The second-order valence-electron chi connectivity index (χ2n) is 5.54. The number of carbonyl (C=O) groups is 2. The average molecular weight is 326 g/mol. The van der Waals surface area contributed by atoms with Gasteiger partial charge in [-0.15, -0.1) is 0 Å². The fourth-order valence-electron chi connectivity index (χ4n) is 2.68. The van der Waals surface area contributed by atoms with E-state index < -0.39 is 0 Å². The van der Waals surface area contributed by atoms with E-state index in [0.717, 1.165) is 11.3 Å². The van der Waals surface area contributed by atoms with Crippen LogP contribution in [0.4, 0.5) is 11.4 Å². The first kappa shape index (κ1) is 15.9. The number of benzene rings is 2. The normalized spacial score (nSPS) is 15.5. The number of amides is 2. The van der Waals surface area contributed by atoms with Crippen LogP contribution in [0.5, 0.6) is 11.5 Å². The lowest BCUT2D eigenvalue weighted by Gasteiger charge is -2.11. The van der Waals surface area contributed by atoms with Gasteiger partial charge in [-0.3, -0.25) is 9.59 Å². The second-order valence-corrected chi connectivity index (χ2v) is 5.54. The van der Waals surface area contributed by atoms with Gasteiger partial charge in [0.05, 0.1) is 20.1 Å². The zero-order valence-electron chi connectivity index (χ0n) is 13.7. The van der Waals surface area contributed by atoms with E-state index in [1.54, 1.807) is 37.4 Å². The topological polar surface area (TPSA) is 76.7 Å². The Bertz CT molecular complexity index is 817. The molecule has 2 aromatic rings. The third-order valence-corrected chi connectivity index (χ3v) is 4.07. The molecule has 1 aliphatic rings. The molecule has 0 saturated carbocycles. The summed E-state index contributed by atoms with van der Waals surface area (Å²) in [6, 6.07) is 10.3. The summed E-state index contributed by atoms with van der Waals surface area (Å²) in [6.45, 7) is 1.83. The van der Waals surface area contributed by atoms with Gasteiger partial charge in [-0.05, 0) is 48.9 Å². The molecular weight excluding hydrogens is 308 g/mol. The quantitative estimate of drug-likeness (QED) is 0.905. The van der Waals surface area contributed by atoms with Crippen molar-refractivity contribution < 1.29 is 19.1 Å². The number of hydrogen-bond acceptors (Lipinski definition) is 4. The lowest BCUT2D eigenvalue weighted by Crippen LogP contribution is -2.12. The molecule has 0 spiro atoms. The Morgan fingerprint density at radius 3 is 2.54 bits per heavy atom. The summed E-state index contributed by atoms with van der Waals surface area (Å²) in [4.78, 5) is 24.1. The fraction of sp³-hybridized carbons (Fsp3) is 0.222. The van der Waals surface area contributed by atoms with E-state index in [-0.39, 0.29) is 17.7 Å². The largest absolute Gasteiger partial charge is 0.493 e. The van der Waals surface area contributed by atoms with E-state index in [9.17, 15) is 9.59 Å². The van der Waals surface area contributed by atoms with Crippen molar-refractivity contribution in [1.82, 2.24) is 0 Å². The van der Waals surface area contributed by atoms with Crippen molar-refractivity contribution in [2.75, 3.05) is 24.9 Å². The van der Waals surface area contributed by atoms with Gasteiger partial charge in [-0.2, -0.15) is 0 Å². The highest BCUT2D eigenvalue weighted by molar-refractivity contribution is 6.06. The molecule has 1 atom stereocenters. The number of ether oxygens (including phenoxy) is 2.